The summed E-state index contributed by atoms with van der Waals surface area (Å²) in [4.78, 5) is 22.2. The summed E-state index contributed by atoms with van der Waals surface area (Å²) in [5.41, 5.74) is 0.0583. The first-order chi connectivity index (χ1) is 7.97. The number of imide groups is 1. The Balaban J connectivity index is 2.22. The molecule has 1 atom stereocenters. The fraction of sp³-hybridized carbons (Fsp3) is 0.273. The van der Waals surface area contributed by atoms with E-state index in [4.69, 9.17) is 0 Å². The third-order valence-corrected chi connectivity index (χ3v) is 2.55. The van der Waals surface area contributed by atoms with E-state index in [-0.39, 0.29) is 17.7 Å². The fourth-order valence-corrected chi connectivity index (χ4v) is 1.61. The zero-order valence-corrected chi connectivity index (χ0v) is 9.01. The summed E-state index contributed by atoms with van der Waals surface area (Å²) in [5, 5.41) is 4.59. The van der Waals surface area contributed by atoms with Gasteiger partial charge in [-0.05, 0) is 18.6 Å². The Bertz CT molecular complexity index is 502. The molecular weight excluding hydrogens is 230 g/mol. The van der Waals surface area contributed by atoms with Gasteiger partial charge < -0.3 is 5.32 Å². The van der Waals surface area contributed by atoms with Crippen molar-refractivity contribution in [2.45, 2.75) is 19.4 Å². The van der Waals surface area contributed by atoms with E-state index in [1.54, 1.807) is 0 Å². The third-order valence-electron chi connectivity index (χ3n) is 2.55. The van der Waals surface area contributed by atoms with Gasteiger partial charge in [0.25, 0.3) is 0 Å². The van der Waals surface area contributed by atoms with Gasteiger partial charge in [-0.15, -0.1) is 0 Å². The molecule has 1 unspecified atom stereocenters. The van der Waals surface area contributed by atoms with E-state index in [1.807, 2.05) is 0 Å². The first kappa shape index (κ1) is 11.5. The van der Waals surface area contributed by atoms with Crippen LogP contribution in [0.5, 0.6) is 0 Å². The highest BCUT2D eigenvalue weighted by Crippen LogP contribution is 2.21. The minimum atomic E-state index is -0.848. The Morgan fingerprint density at radius 2 is 2.00 bits per heavy atom. The van der Waals surface area contributed by atoms with Gasteiger partial charge in [0.1, 0.15) is 17.7 Å². The van der Waals surface area contributed by atoms with Crippen LogP contribution in [0.15, 0.2) is 12.1 Å². The van der Waals surface area contributed by atoms with Gasteiger partial charge in [-0.2, -0.15) is 0 Å². The van der Waals surface area contributed by atoms with Gasteiger partial charge in [-0.3, -0.25) is 14.9 Å². The first-order valence-corrected chi connectivity index (χ1v) is 5.03. The molecule has 1 heterocycles. The number of amides is 2. The number of aryl methyl sites for hydroxylation is 1. The molecule has 2 rings (SSSR count). The Hall–Kier alpha value is -1.98. The molecule has 0 saturated carbocycles. The highest BCUT2D eigenvalue weighted by molar-refractivity contribution is 6.06. The molecule has 0 bridgehead atoms. The molecule has 4 nitrogen and oxygen atoms in total. The summed E-state index contributed by atoms with van der Waals surface area (Å²) in [6.07, 6.45) is -0.0756. The number of nitrogens with one attached hydrogen (secondary N) is 2. The van der Waals surface area contributed by atoms with Crippen LogP contribution in [0.4, 0.5) is 14.5 Å². The maximum absolute atomic E-state index is 13.5. The van der Waals surface area contributed by atoms with Crippen LogP contribution in [0, 0.1) is 18.6 Å². The van der Waals surface area contributed by atoms with Crippen molar-refractivity contribution in [1.82, 2.24) is 5.32 Å². The number of hydrogen-bond acceptors (Lipinski definition) is 3. The lowest BCUT2D eigenvalue weighted by molar-refractivity contribution is -0.124. The van der Waals surface area contributed by atoms with Gasteiger partial charge in [0.15, 0.2) is 0 Å². The number of benzene rings is 1. The number of carbonyl (C=O) groups excluding carboxylic acids is 2. The molecule has 2 N–H and O–H groups in total. The largest absolute Gasteiger partial charge is 0.371 e. The lowest BCUT2D eigenvalue weighted by Gasteiger charge is -2.12. The summed E-state index contributed by atoms with van der Waals surface area (Å²) in [7, 11) is 0. The molecule has 0 aromatic heterocycles. The topological polar surface area (TPSA) is 58.2 Å². The van der Waals surface area contributed by atoms with Crippen LogP contribution in [-0.2, 0) is 9.59 Å². The summed E-state index contributed by atoms with van der Waals surface area (Å²) in [5.74, 6) is -2.19. The van der Waals surface area contributed by atoms with E-state index in [0.717, 1.165) is 12.1 Å². The fourth-order valence-electron chi connectivity index (χ4n) is 1.61. The monoisotopic (exact) mass is 240 g/mol. The molecule has 1 aliphatic heterocycles. The molecule has 1 fully saturated rings. The molecule has 0 spiro atoms. The van der Waals surface area contributed by atoms with Crippen LogP contribution in [0.1, 0.15) is 12.0 Å². The first-order valence-electron chi connectivity index (χ1n) is 5.03. The van der Waals surface area contributed by atoms with Crippen molar-refractivity contribution in [2.24, 2.45) is 0 Å². The van der Waals surface area contributed by atoms with Crippen LogP contribution in [0.3, 0.4) is 0 Å². The van der Waals surface area contributed by atoms with Gasteiger partial charge in [-0.25, -0.2) is 8.78 Å². The zero-order chi connectivity index (χ0) is 12.6. The molecule has 1 saturated heterocycles. The second-order valence-corrected chi connectivity index (χ2v) is 3.89. The molecular formula is C11H10F2N2O2. The van der Waals surface area contributed by atoms with Crippen LogP contribution >= 0.6 is 0 Å². The van der Waals surface area contributed by atoms with Crippen molar-refractivity contribution in [3.8, 4) is 0 Å². The van der Waals surface area contributed by atoms with Crippen LogP contribution in [0.2, 0.25) is 0 Å². The van der Waals surface area contributed by atoms with Crippen LogP contribution in [0.25, 0.3) is 0 Å². The van der Waals surface area contributed by atoms with Gasteiger partial charge in [0.2, 0.25) is 11.8 Å². The SMILES string of the molecule is Cc1cc(F)c(NC2CC(=O)NC2=O)cc1F. The normalized spacial score (nSPS) is 19.4. The van der Waals surface area contributed by atoms with Crippen LogP contribution in [-0.4, -0.2) is 17.9 Å². The van der Waals surface area contributed by atoms with E-state index in [9.17, 15) is 18.4 Å². The van der Waals surface area contributed by atoms with Gasteiger partial charge >= 0.3 is 0 Å². The van der Waals surface area contributed by atoms with E-state index >= 15 is 0 Å². The highest BCUT2D eigenvalue weighted by atomic mass is 19.1. The van der Waals surface area contributed by atoms with E-state index in [2.05, 4.69) is 10.6 Å². The number of hydrogen-bond donors (Lipinski definition) is 2. The molecule has 17 heavy (non-hydrogen) atoms. The van der Waals surface area contributed by atoms with Crippen molar-refractivity contribution >= 4 is 17.5 Å². The molecule has 1 aromatic carbocycles. The lowest BCUT2D eigenvalue weighted by atomic mass is 10.1. The van der Waals surface area contributed by atoms with Crippen molar-refractivity contribution in [1.29, 1.82) is 0 Å². The van der Waals surface area contributed by atoms with Crippen LogP contribution < -0.4 is 10.6 Å². The number of halogens is 2. The summed E-state index contributed by atoms with van der Waals surface area (Å²) in [6, 6.07) is 1.16. The minimum absolute atomic E-state index is 0.0756. The molecule has 90 valence electrons. The highest BCUT2D eigenvalue weighted by Gasteiger charge is 2.30. The van der Waals surface area contributed by atoms with Crippen molar-refractivity contribution in [2.75, 3.05) is 5.32 Å². The number of rotatable bonds is 2. The van der Waals surface area contributed by atoms with Gasteiger partial charge in [0, 0.05) is 6.07 Å². The molecule has 6 heteroatoms. The molecule has 1 aromatic rings. The van der Waals surface area contributed by atoms with E-state index in [1.165, 1.54) is 6.92 Å². The van der Waals surface area contributed by atoms with Crippen molar-refractivity contribution < 1.29 is 18.4 Å². The Kier molecular flexibility index (Phi) is 2.79. The maximum Gasteiger partial charge on any atom is 0.249 e. The van der Waals surface area contributed by atoms with E-state index in [0.29, 0.717) is 0 Å². The number of carbonyl (C=O) groups is 2. The Morgan fingerprint density at radius 1 is 1.29 bits per heavy atom. The Morgan fingerprint density at radius 3 is 2.59 bits per heavy atom. The summed E-state index contributed by atoms with van der Waals surface area (Å²) in [6.45, 7) is 1.44. The predicted octanol–water partition coefficient (Wildman–Crippen LogP) is 1.10. The van der Waals surface area contributed by atoms with Crippen molar-refractivity contribution in [3.05, 3.63) is 29.3 Å². The second kappa shape index (κ2) is 4.12. The maximum atomic E-state index is 13.5. The molecule has 0 aliphatic carbocycles. The smallest absolute Gasteiger partial charge is 0.249 e. The zero-order valence-electron chi connectivity index (χ0n) is 9.01. The summed E-state index contributed by atoms with van der Waals surface area (Å²) < 4.78 is 26.7. The summed E-state index contributed by atoms with van der Waals surface area (Å²) >= 11 is 0. The minimum Gasteiger partial charge on any atom is -0.371 e. The van der Waals surface area contributed by atoms with E-state index < -0.39 is 29.5 Å². The van der Waals surface area contributed by atoms with Gasteiger partial charge in [0.05, 0.1) is 12.1 Å². The molecule has 1 aliphatic rings. The average Bonchev–Trinajstić information content (AvgIpc) is 2.54. The molecule has 0 radical (unpaired) electrons. The standard InChI is InChI=1S/C11H10F2N2O2/c1-5-2-7(13)8(3-6(5)12)14-9-4-10(16)15-11(9)17/h2-3,9,14H,4H2,1H3,(H,15,16,17). The third kappa shape index (κ3) is 2.25. The lowest BCUT2D eigenvalue weighted by Crippen LogP contribution is -2.30. The van der Waals surface area contributed by atoms with Crippen molar-refractivity contribution in [3.63, 3.8) is 0 Å². The molecule has 2 amide bonds. The predicted molar refractivity (Wildman–Crippen MR) is 56.3 cm³/mol. The average molecular weight is 240 g/mol. The van der Waals surface area contributed by atoms with Gasteiger partial charge in [-0.1, -0.05) is 0 Å². The Labute approximate surface area is 96.0 Å². The quantitative estimate of drug-likeness (QED) is 0.761. The number of anilines is 1. The second-order valence-electron chi connectivity index (χ2n) is 3.89.